The predicted molar refractivity (Wildman–Crippen MR) is 116 cm³/mol. The summed E-state index contributed by atoms with van der Waals surface area (Å²) >= 11 is 0. The van der Waals surface area contributed by atoms with Gasteiger partial charge in [0.25, 0.3) is 5.91 Å². The first kappa shape index (κ1) is 20.6. The third-order valence-corrected chi connectivity index (χ3v) is 6.09. The van der Waals surface area contributed by atoms with Crippen LogP contribution in [0.5, 0.6) is 0 Å². The number of nitrogens with one attached hydrogen (secondary N) is 1. The topological polar surface area (TPSA) is 58.6 Å². The van der Waals surface area contributed by atoms with Gasteiger partial charge in [0.2, 0.25) is 5.91 Å². The fourth-order valence-electron chi connectivity index (χ4n) is 4.74. The van der Waals surface area contributed by atoms with Gasteiger partial charge in [0.1, 0.15) is 0 Å². The molecule has 1 saturated heterocycles. The van der Waals surface area contributed by atoms with Crippen LogP contribution in [0.1, 0.15) is 54.6 Å². The Balaban J connectivity index is 1.51. The monoisotopic (exact) mass is 406 g/mol. The summed E-state index contributed by atoms with van der Waals surface area (Å²) < 4.78 is 6.63. The van der Waals surface area contributed by atoms with Crippen molar-refractivity contribution in [2.45, 2.75) is 57.3 Å². The second-order valence-electron chi connectivity index (χ2n) is 8.68. The number of hydrogen-bond donors (Lipinski definition) is 1. The highest BCUT2D eigenvalue weighted by Crippen LogP contribution is 2.44. The molecular weight excluding hydrogens is 376 g/mol. The van der Waals surface area contributed by atoms with Crippen molar-refractivity contribution >= 4 is 11.8 Å². The zero-order valence-corrected chi connectivity index (χ0v) is 17.8. The number of hydrogen-bond acceptors (Lipinski definition) is 3. The van der Waals surface area contributed by atoms with Crippen molar-refractivity contribution in [1.82, 2.24) is 10.2 Å². The van der Waals surface area contributed by atoms with Crippen molar-refractivity contribution in [2.75, 3.05) is 13.1 Å². The molecule has 30 heavy (non-hydrogen) atoms. The van der Waals surface area contributed by atoms with Crippen LogP contribution in [0.25, 0.3) is 0 Å². The van der Waals surface area contributed by atoms with Gasteiger partial charge >= 0.3 is 0 Å². The first-order valence-corrected chi connectivity index (χ1v) is 10.9. The lowest BCUT2D eigenvalue weighted by atomic mass is 9.77. The minimum absolute atomic E-state index is 0.0289. The van der Waals surface area contributed by atoms with E-state index in [4.69, 9.17) is 4.74 Å². The van der Waals surface area contributed by atoms with E-state index in [2.05, 4.69) is 29.6 Å². The van der Waals surface area contributed by atoms with Gasteiger partial charge in [-0.05, 0) is 56.4 Å². The Hall–Kier alpha value is -2.66. The standard InChI is InChI=1S/C25H30N2O3/c1-18(2)26-23(28)17-21-16-20-10-6-7-11-22(20)25(30-21)12-14-27(15-13-25)24(29)19-8-4-3-5-9-19/h3-11,18,21H,12-17H2,1-2H3,(H,26,28). The van der Waals surface area contributed by atoms with Gasteiger partial charge in [-0.25, -0.2) is 0 Å². The van der Waals surface area contributed by atoms with Crippen LogP contribution < -0.4 is 5.32 Å². The van der Waals surface area contributed by atoms with Gasteiger partial charge < -0.3 is 15.0 Å². The molecule has 2 aromatic carbocycles. The van der Waals surface area contributed by atoms with E-state index < -0.39 is 5.60 Å². The molecule has 5 nitrogen and oxygen atoms in total. The molecule has 2 heterocycles. The summed E-state index contributed by atoms with van der Waals surface area (Å²) in [6.07, 6.45) is 2.45. The molecule has 2 aliphatic heterocycles. The normalized spacial score (nSPS) is 20.1. The minimum atomic E-state index is -0.426. The van der Waals surface area contributed by atoms with E-state index in [1.807, 2.05) is 49.1 Å². The molecule has 1 spiro atoms. The van der Waals surface area contributed by atoms with Crippen molar-refractivity contribution in [3.05, 3.63) is 71.3 Å². The third-order valence-electron chi connectivity index (χ3n) is 6.09. The largest absolute Gasteiger partial charge is 0.366 e. The number of ether oxygens (including phenoxy) is 1. The fourth-order valence-corrected chi connectivity index (χ4v) is 4.74. The Bertz CT molecular complexity index is 902. The molecule has 0 saturated carbocycles. The van der Waals surface area contributed by atoms with E-state index in [0.717, 1.165) is 24.8 Å². The molecule has 1 N–H and O–H groups in total. The summed E-state index contributed by atoms with van der Waals surface area (Å²) in [4.78, 5) is 27.1. The number of fused-ring (bicyclic) bond motifs is 2. The van der Waals surface area contributed by atoms with Gasteiger partial charge in [0.05, 0.1) is 18.1 Å². The molecule has 0 aliphatic carbocycles. The highest BCUT2D eigenvalue weighted by molar-refractivity contribution is 5.94. The lowest BCUT2D eigenvalue weighted by molar-refractivity contribution is -0.148. The molecule has 1 unspecified atom stereocenters. The van der Waals surface area contributed by atoms with Crippen molar-refractivity contribution in [1.29, 1.82) is 0 Å². The summed E-state index contributed by atoms with van der Waals surface area (Å²) in [5, 5.41) is 2.97. The van der Waals surface area contributed by atoms with Crippen LogP contribution in [0.4, 0.5) is 0 Å². The molecule has 1 fully saturated rings. The number of piperidine rings is 1. The summed E-state index contributed by atoms with van der Waals surface area (Å²) in [6.45, 7) is 5.23. The second kappa shape index (κ2) is 8.60. The number of carbonyl (C=O) groups is 2. The third kappa shape index (κ3) is 4.26. The number of rotatable bonds is 4. The van der Waals surface area contributed by atoms with Crippen molar-refractivity contribution in [3.63, 3.8) is 0 Å². The van der Waals surface area contributed by atoms with Crippen LogP contribution in [0, 0.1) is 0 Å². The first-order valence-electron chi connectivity index (χ1n) is 10.9. The maximum absolute atomic E-state index is 12.9. The van der Waals surface area contributed by atoms with E-state index >= 15 is 0 Å². The van der Waals surface area contributed by atoms with E-state index in [0.29, 0.717) is 19.5 Å². The molecule has 0 bridgehead atoms. The summed E-state index contributed by atoms with van der Waals surface area (Å²) in [5.41, 5.74) is 2.78. The van der Waals surface area contributed by atoms with E-state index in [1.165, 1.54) is 11.1 Å². The van der Waals surface area contributed by atoms with Crippen molar-refractivity contribution in [3.8, 4) is 0 Å². The Morgan fingerprint density at radius 2 is 1.73 bits per heavy atom. The lowest BCUT2D eigenvalue weighted by Crippen LogP contribution is -2.51. The quantitative estimate of drug-likeness (QED) is 0.843. The molecule has 4 rings (SSSR count). The molecule has 0 radical (unpaired) electrons. The smallest absolute Gasteiger partial charge is 0.253 e. The van der Waals surface area contributed by atoms with E-state index in [9.17, 15) is 9.59 Å². The fraction of sp³-hybridized carbons (Fsp3) is 0.440. The average Bonchev–Trinajstić information content (AvgIpc) is 2.74. The summed E-state index contributed by atoms with van der Waals surface area (Å²) in [7, 11) is 0. The molecule has 2 aromatic rings. The van der Waals surface area contributed by atoms with Crippen LogP contribution in [-0.4, -0.2) is 41.9 Å². The maximum atomic E-state index is 12.9. The Labute approximate surface area is 178 Å². The van der Waals surface area contributed by atoms with Gasteiger partial charge in [-0.3, -0.25) is 9.59 Å². The lowest BCUT2D eigenvalue weighted by Gasteiger charge is -2.47. The molecule has 2 aliphatic rings. The minimum Gasteiger partial charge on any atom is -0.366 e. The zero-order valence-electron chi connectivity index (χ0n) is 17.8. The van der Waals surface area contributed by atoms with Crippen LogP contribution in [0.15, 0.2) is 54.6 Å². The SMILES string of the molecule is CC(C)NC(=O)CC1Cc2ccccc2C2(CCN(C(=O)c3ccccc3)CC2)O1. The highest BCUT2D eigenvalue weighted by Gasteiger charge is 2.44. The highest BCUT2D eigenvalue weighted by atomic mass is 16.5. The van der Waals surface area contributed by atoms with Crippen LogP contribution in [0.3, 0.4) is 0 Å². The maximum Gasteiger partial charge on any atom is 0.253 e. The van der Waals surface area contributed by atoms with Gasteiger partial charge in [0.15, 0.2) is 0 Å². The Kier molecular flexibility index (Phi) is 5.91. The Morgan fingerprint density at radius 3 is 2.43 bits per heavy atom. The summed E-state index contributed by atoms with van der Waals surface area (Å²) in [5.74, 6) is 0.101. The molecule has 1 atom stereocenters. The zero-order chi connectivity index (χ0) is 21.1. The molecule has 2 amide bonds. The number of benzene rings is 2. The van der Waals surface area contributed by atoms with Crippen LogP contribution in [0.2, 0.25) is 0 Å². The van der Waals surface area contributed by atoms with Crippen molar-refractivity contribution in [2.24, 2.45) is 0 Å². The molecule has 0 aromatic heterocycles. The molecule has 5 heteroatoms. The molecule has 158 valence electrons. The van der Waals surface area contributed by atoms with Crippen molar-refractivity contribution < 1.29 is 14.3 Å². The number of nitrogens with zero attached hydrogens (tertiary/aromatic N) is 1. The first-order chi connectivity index (χ1) is 14.5. The average molecular weight is 407 g/mol. The summed E-state index contributed by atoms with van der Waals surface area (Å²) in [6, 6.07) is 18.0. The van der Waals surface area contributed by atoms with E-state index in [-0.39, 0.29) is 24.0 Å². The predicted octanol–water partition coefficient (Wildman–Crippen LogP) is 3.67. The van der Waals surface area contributed by atoms with Crippen LogP contribution in [-0.2, 0) is 21.6 Å². The number of likely N-dealkylation sites (tertiary alicyclic amines) is 1. The van der Waals surface area contributed by atoms with Gasteiger partial charge in [-0.1, -0.05) is 42.5 Å². The second-order valence-corrected chi connectivity index (χ2v) is 8.68. The van der Waals surface area contributed by atoms with E-state index in [1.54, 1.807) is 0 Å². The number of amides is 2. The van der Waals surface area contributed by atoms with Gasteiger partial charge in [0, 0.05) is 24.7 Å². The Morgan fingerprint density at radius 1 is 1.07 bits per heavy atom. The van der Waals surface area contributed by atoms with Gasteiger partial charge in [-0.15, -0.1) is 0 Å². The molecular formula is C25H30N2O3. The van der Waals surface area contributed by atoms with Crippen LogP contribution >= 0.6 is 0 Å². The van der Waals surface area contributed by atoms with Gasteiger partial charge in [-0.2, -0.15) is 0 Å². The number of carbonyl (C=O) groups excluding carboxylic acids is 2.